The Balaban J connectivity index is 2.68. The lowest BCUT2D eigenvalue weighted by atomic mass is 10.00. The third-order valence-electron chi connectivity index (χ3n) is 3.00. The molecule has 0 aliphatic rings. The molecule has 0 saturated heterocycles. The van der Waals surface area contributed by atoms with E-state index in [9.17, 15) is 4.79 Å². The van der Waals surface area contributed by atoms with E-state index in [1.807, 2.05) is 19.9 Å². The largest absolute Gasteiger partial charge is 0.493 e. The maximum atomic E-state index is 10.9. The van der Waals surface area contributed by atoms with E-state index in [-0.39, 0.29) is 5.76 Å². The lowest BCUT2D eigenvalue weighted by Crippen LogP contribution is -1.98. The Hall–Kier alpha value is -2.50. The van der Waals surface area contributed by atoms with Gasteiger partial charge in [-0.05, 0) is 25.0 Å². The van der Waals surface area contributed by atoms with Crippen molar-refractivity contribution >= 4 is 5.97 Å². The van der Waals surface area contributed by atoms with Crippen molar-refractivity contribution in [2.75, 3.05) is 14.2 Å². The van der Waals surface area contributed by atoms with Crippen LogP contribution >= 0.6 is 0 Å². The van der Waals surface area contributed by atoms with Gasteiger partial charge in [-0.2, -0.15) is 0 Å². The van der Waals surface area contributed by atoms with E-state index in [4.69, 9.17) is 19.1 Å². The smallest absolute Gasteiger partial charge is 0.374 e. The van der Waals surface area contributed by atoms with Crippen LogP contribution in [0.2, 0.25) is 0 Å². The van der Waals surface area contributed by atoms with Crippen molar-refractivity contribution < 1.29 is 23.9 Å². The van der Waals surface area contributed by atoms with Gasteiger partial charge < -0.3 is 19.1 Å². The van der Waals surface area contributed by atoms with E-state index in [0.29, 0.717) is 22.8 Å². The van der Waals surface area contributed by atoms with Crippen molar-refractivity contribution in [3.8, 4) is 22.8 Å². The van der Waals surface area contributed by atoms with Crippen LogP contribution in [0.15, 0.2) is 16.7 Å². The van der Waals surface area contributed by atoms with E-state index in [1.54, 1.807) is 7.11 Å². The summed E-state index contributed by atoms with van der Waals surface area (Å²) in [5.74, 6) is -0.288. The summed E-state index contributed by atoms with van der Waals surface area (Å²) in [4.78, 5) is 10.9. The Kier molecular flexibility index (Phi) is 3.65. The lowest BCUT2D eigenvalue weighted by Gasteiger charge is -2.16. The van der Waals surface area contributed by atoms with Gasteiger partial charge in [-0.25, -0.2) is 4.79 Å². The van der Waals surface area contributed by atoms with Crippen molar-refractivity contribution in [3.63, 3.8) is 0 Å². The number of aryl methyl sites for hydroxylation is 2. The molecule has 2 aromatic rings. The second-order valence-electron chi connectivity index (χ2n) is 4.33. The van der Waals surface area contributed by atoms with E-state index < -0.39 is 5.97 Å². The zero-order valence-electron chi connectivity index (χ0n) is 11.7. The molecule has 106 valence electrons. The average molecular weight is 277 g/mol. The third kappa shape index (κ3) is 2.20. The van der Waals surface area contributed by atoms with Crippen LogP contribution in [0.25, 0.3) is 11.3 Å². The Morgan fingerprint density at radius 3 is 2.30 bits per heavy atom. The van der Waals surface area contributed by atoms with Crippen LogP contribution in [0.5, 0.6) is 11.5 Å². The second-order valence-corrected chi connectivity index (χ2v) is 4.33. The number of aromatic carboxylic acids is 1. The lowest BCUT2D eigenvalue weighted by molar-refractivity contribution is 0.0652. The van der Waals surface area contributed by atoms with Gasteiger partial charge in [0.1, 0.15) is 5.69 Å². The van der Waals surface area contributed by atoms with Crippen LogP contribution in [-0.4, -0.2) is 30.5 Å². The minimum Gasteiger partial charge on any atom is -0.493 e. The van der Waals surface area contributed by atoms with Crippen molar-refractivity contribution in [2.24, 2.45) is 0 Å². The van der Waals surface area contributed by atoms with Crippen molar-refractivity contribution in [2.45, 2.75) is 13.8 Å². The highest BCUT2D eigenvalue weighted by atomic mass is 16.5. The molecule has 0 aliphatic heterocycles. The predicted molar refractivity (Wildman–Crippen MR) is 71.5 cm³/mol. The number of benzene rings is 1. The summed E-state index contributed by atoms with van der Waals surface area (Å²) in [6, 6.07) is 3.29. The second kappa shape index (κ2) is 5.24. The number of rotatable bonds is 4. The summed E-state index contributed by atoms with van der Waals surface area (Å²) in [5, 5.41) is 12.7. The highest BCUT2D eigenvalue weighted by Gasteiger charge is 2.21. The maximum absolute atomic E-state index is 10.9. The minimum atomic E-state index is -1.17. The van der Waals surface area contributed by atoms with E-state index in [0.717, 1.165) is 11.1 Å². The first-order chi connectivity index (χ1) is 9.49. The molecule has 6 nitrogen and oxygen atoms in total. The Morgan fingerprint density at radius 1 is 1.15 bits per heavy atom. The molecule has 20 heavy (non-hydrogen) atoms. The van der Waals surface area contributed by atoms with Crippen LogP contribution in [0.4, 0.5) is 0 Å². The van der Waals surface area contributed by atoms with Gasteiger partial charge in [0.05, 0.1) is 19.8 Å². The zero-order chi connectivity index (χ0) is 14.9. The molecule has 1 aromatic heterocycles. The molecule has 0 fully saturated rings. The Labute approximate surface area is 115 Å². The number of carbonyl (C=O) groups is 1. The fourth-order valence-electron chi connectivity index (χ4n) is 2.19. The molecule has 1 heterocycles. The van der Waals surface area contributed by atoms with Gasteiger partial charge in [0.15, 0.2) is 11.5 Å². The van der Waals surface area contributed by atoms with Gasteiger partial charge in [0, 0.05) is 6.07 Å². The van der Waals surface area contributed by atoms with Crippen molar-refractivity contribution in [1.29, 1.82) is 0 Å². The van der Waals surface area contributed by atoms with Gasteiger partial charge in [0.2, 0.25) is 5.76 Å². The summed E-state index contributed by atoms with van der Waals surface area (Å²) in [7, 11) is 3.08. The molecule has 0 spiro atoms. The topological polar surface area (TPSA) is 81.8 Å². The fraction of sp³-hybridized carbons (Fsp3) is 0.286. The SMILES string of the molecule is COc1c(C)cc(C)c(-c2cc(C(=O)O)on2)c1OC. The number of hydrogen-bond donors (Lipinski definition) is 1. The number of ether oxygens (including phenoxy) is 2. The minimum absolute atomic E-state index is 0.221. The van der Waals surface area contributed by atoms with Crippen LogP contribution < -0.4 is 9.47 Å². The van der Waals surface area contributed by atoms with Crippen molar-refractivity contribution in [1.82, 2.24) is 5.16 Å². The molecule has 0 bridgehead atoms. The van der Waals surface area contributed by atoms with Gasteiger partial charge >= 0.3 is 5.97 Å². The van der Waals surface area contributed by atoms with Crippen LogP contribution in [0, 0.1) is 13.8 Å². The predicted octanol–water partition coefficient (Wildman–Crippen LogP) is 2.67. The molecule has 0 aliphatic carbocycles. The number of methoxy groups -OCH3 is 2. The Morgan fingerprint density at radius 2 is 1.80 bits per heavy atom. The summed E-state index contributed by atoms with van der Waals surface area (Å²) < 4.78 is 15.5. The van der Waals surface area contributed by atoms with E-state index >= 15 is 0 Å². The Bertz CT molecular complexity index is 660. The van der Waals surface area contributed by atoms with E-state index in [2.05, 4.69) is 5.16 Å². The van der Waals surface area contributed by atoms with Crippen LogP contribution in [0.3, 0.4) is 0 Å². The molecular weight excluding hydrogens is 262 g/mol. The zero-order valence-corrected chi connectivity index (χ0v) is 11.7. The standard InChI is InChI=1S/C14H15NO5/c1-7-5-8(2)12(18-3)13(19-4)11(7)9-6-10(14(16)17)20-15-9/h5-6H,1-4H3,(H,16,17). The number of carboxylic acids is 1. The van der Waals surface area contributed by atoms with Gasteiger partial charge in [-0.3, -0.25) is 0 Å². The molecule has 2 rings (SSSR count). The quantitative estimate of drug-likeness (QED) is 0.925. The van der Waals surface area contributed by atoms with Crippen molar-refractivity contribution in [3.05, 3.63) is 29.0 Å². The first-order valence-electron chi connectivity index (χ1n) is 5.92. The summed E-state index contributed by atoms with van der Waals surface area (Å²) in [5.41, 5.74) is 2.87. The molecule has 1 N–H and O–H groups in total. The fourth-order valence-corrected chi connectivity index (χ4v) is 2.19. The summed E-state index contributed by atoms with van der Waals surface area (Å²) in [6.07, 6.45) is 0. The molecule has 1 aromatic carbocycles. The molecule has 0 unspecified atom stereocenters. The molecule has 0 saturated carbocycles. The van der Waals surface area contributed by atoms with Crippen LogP contribution in [-0.2, 0) is 0 Å². The number of carboxylic acid groups (broad SMARTS) is 1. The van der Waals surface area contributed by atoms with Crippen LogP contribution in [0.1, 0.15) is 21.7 Å². The summed E-state index contributed by atoms with van der Waals surface area (Å²) >= 11 is 0. The highest BCUT2D eigenvalue weighted by molar-refractivity contribution is 5.87. The third-order valence-corrected chi connectivity index (χ3v) is 3.00. The van der Waals surface area contributed by atoms with Gasteiger partial charge in [-0.1, -0.05) is 11.2 Å². The molecule has 0 atom stereocenters. The number of nitrogens with zero attached hydrogens (tertiary/aromatic N) is 1. The normalized spacial score (nSPS) is 10.4. The first kappa shape index (κ1) is 13.9. The molecular formula is C14H15NO5. The first-order valence-corrected chi connectivity index (χ1v) is 5.92. The molecule has 0 amide bonds. The van der Waals surface area contributed by atoms with E-state index in [1.165, 1.54) is 13.2 Å². The average Bonchev–Trinajstić information content (AvgIpc) is 2.87. The highest BCUT2D eigenvalue weighted by Crippen LogP contribution is 2.42. The van der Waals surface area contributed by atoms with Gasteiger partial charge in [-0.15, -0.1) is 0 Å². The molecule has 6 heteroatoms. The monoisotopic (exact) mass is 277 g/mol. The maximum Gasteiger partial charge on any atom is 0.374 e. The number of hydrogen-bond acceptors (Lipinski definition) is 5. The molecule has 0 radical (unpaired) electrons. The number of aromatic nitrogens is 1. The summed E-state index contributed by atoms with van der Waals surface area (Å²) in [6.45, 7) is 3.79. The van der Waals surface area contributed by atoms with Gasteiger partial charge in [0.25, 0.3) is 0 Å².